The fraction of sp³-hybridized carbons (Fsp3) is 0.200. The van der Waals surface area contributed by atoms with Gasteiger partial charge in [0.15, 0.2) is 12.9 Å². The minimum absolute atomic E-state index is 0.140. The van der Waals surface area contributed by atoms with Crippen LogP contribution in [0.25, 0.3) is 0 Å². The fourth-order valence-corrected chi connectivity index (χ4v) is 2.31. The summed E-state index contributed by atoms with van der Waals surface area (Å²) in [6, 6.07) is 8.71. The molecule has 1 aromatic carbocycles. The average molecular weight is 305 g/mol. The third-order valence-corrected chi connectivity index (χ3v) is 3.62. The molecule has 0 saturated heterocycles. The minimum Gasteiger partial charge on any atom is -0.497 e. The number of ether oxygens (including phenoxy) is 2. The second kappa shape index (κ2) is 7.44. The largest absolute Gasteiger partial charge is 0.497 e. The number of aldehydes is 1. The molecule has 0 fully saturated rings. The first-order valence-corrected chi connectivity index (χ1v) is 7.16. The topological polar surface area (TPSA) is 64.6 Å². The van der Waals surface area contributed by atoms with Crippen LogP contribution in [0.1, 0.15) is 15.2 Å². The number of carbonyl (C=O) groups excluding carboxylic acids is 2. The van der Waals surface area contributed by atoms with E-state index in [-0.39, 0.29) is 12.5 Å². The van der Waals surface area contributed by atoms with Gasteiger partial charge in [-0.2, -0.15) is 0 Å². The third kappa shape index (κ3) is 4.32. The van der Waals surface area contributed by atoms with Crippen LogP contribution < -0.4 is 14.8 Å². The zero-order valence-corrected chi connectivity index (χ0v) is 12.3. The van der Waals surface area contributed by atoms with E-state index in [1.54, 1.807) is 29.5 Å². The van der Waals surface area contributed by atoms with Crippen LogP contribution in [0.3, 0.4) is 0 Å². The Balaban J connectivity index is 1.87. The zero-order chi connectivity index (χ0) is 15.1. The van der Waals surface area contributed by atoms with Gasteiger partial charge in [0.1, 0.15) is 11.5 Å². The Hall–Kier alpha value is -2.34. The normalized spacial score (nSPS) is 9.95. The molecule has 5 nitrogen and oxygen atoms in total. The van der Waals surface area contributed by atoms with Crippen molar-refractivity contribution in [1.29, 1.82) is 0 Å². The molecule has 2 aromatic rings. The second-order valence-electron chi connectivity index (χ2n) is 4.17. The molecule has 0 bridgehead atoms. The Morgan fingerprint density at radius 3 is 2.90 bits per heavy atom. The van der Waals surface area contributed by atoms with Crippen LogP contribution in [-0.2, 0) is 11.3 Å². The summed E-state index contributed by atoms with van der Waals surface area (Å²) >= 11 is 1.57. The van der Waals surface area contributed by atoms with E-state index in [4.69, 9.17) is 9.47 Å². The molecule has 1 aromatic heterocycles. The van der Waals surface area contributed by atoms with Gasteiger partial charge < -0.3 is 14.8 Å². The van der Waals surface area contributed by atoms with Crippen molar-refractivity contribution in [1.82, 2.24) is 5.32 Å². The number of rotatable bonds is 7. The van der Waals surface area contributed by atoms with Gasteiger partial charge in [0, 0.05) is 4.88 Å². The Kier molecular flexibility index (Phi) is 5.34. The summed E-state index contributed by atoms with van der Waals surface area (Å²) < 4.78 is 10.4. The monoisotopic (exact) mass is 305 g/mol. The standard InChI is InChI=1S/C15H15NO4S/c1-19-12-4-5-14(11(7-12)9-17)20-10-15(18)16-8-13-3-2-6-21-13/h2-7,9H,8,10H2,1H3,(H,16,18). The lowest BCUT2D eigenvalue weighted by Gasteiger charge is -2.09. The molecule has 21 heavy (non-hydrogen) atoms. The van der Waals surface area contributed by atoms with Crippen LogP contribution in [-0.4, -0.2) is 25.9 Å². The van der Waals surface area contributed by atoms with Crippen molar-refractivity contribution in [2.45, 2.75) is 6.54 Å². The molecule has 2 rings (SSSR count). The molecule has 0 saturated carbocycles. The van der Waals surface area contributed by atoms with Gasteiger partial charge in [-0.1, -0.05) is 6.07 Å². The van der Waals surface area contributed by atoms with Crippen molar-refractivity contribution in [3.8, 4) is 11.5 Å². The van der Waals surface area contributed by atoms with Crippen LogP contribution in [0.4, 0.5) is 0 Å². The minimum atomic E-state index is -0.240. The fourth-order valence-electron chi connectivity index (χ4n) is 1.67. The van der Waals surface area contributed by atoms with Crippen LogP contribution in [0.15, 0.2) is 35.7 Å². The summed E-state index contributed by atoms with van der Waals surface area (Å²) in [5.74, 6) is 0.680. The molecule has 0 radical (unpaired) electrons. The number of methoxy groups -OCH3 is 1. The molecule has 6 heteroatoms. The summed E-state index contributed by atoms with van der Waals surface area (Å²) in [4.78, 5) is 23.7. The van der Waals surface area contributed by atoms with Crippen molar-refractivity contribution >= 4 is 23.5 Å². The SMILES string of the molecule is COc1ccc(OCC(=O)NCc2cccs2)c(C=O)c1. The van der Waals surface area contributed by atoms with Crippen LogP contribution in [0.5, 0.6) is 11.5 Å². The number of carbonyl (C=O) groups is 2. The molecule has 1 amide bonds. The molecule has 0 aliphatic carbocycles. The number of nitrogens with one attached hydrogen (secondary N) is 1. The third-order valence-electron chi connectivity index (χ3n) is 2.74. The van der Waals surface area contributed by atoms with Gasteiger partial charge in [-0.3, -0.25) is 9.59 Å². The summed E-state index contributed by atoms with van der Waals surface area (Å²) in [7, 11) is 1.52. The molecular formula is C15H15NO4S. The molecule has 110 valence electrons. The molecule has 1 heterocycles. The molecule has 0 spiro atoms. The summed E-state index contributed by atoms with van der Waals surface area (Å²) in [6.07, 6.45) is 0.668. The Morgan fingerprint density at radius 1 is 1.38 bits per heavy atom. The average Bonchev–Trinajstić information content (AvgIpc) is 3.04. The van der Waals surface area contributed by atoms with Crippen molar-refractivity contribution in [2.75, 3.05) is 13.7 Å². The van der Waals surface area contributed by atoms with Crippen molar-refractivity contribution in [3.63, 3.8) is 0 Å². The van der Waals surface area contributed by atoms with Gasteiger partial charge in [0.25, 0.3) is 5.91 Å². The van der Waals surface area contributed by atoms with Crippen LogP contribution >= 0.6 is 11.3 Å². The highest BCUT2D eigenvalue weighted by Crippen LogP contribution is 2.22. The molecule has 1 N–H and O–H groups in total. The van der Waals surface area contributed by atoms with Gasteiger partial charge in [-0.15, -0.1) is 11.3 Å². The van der Waals surface area contributed by atoms with E-state index in [0.717, 1.165) is 4.88 Å². The highest BCUT2D eigenvalue weighted by atomic mass is 32.1. The van der Waals surface area contributed by atoms with Gasteiger partial charge in [-0.25, -0.2) is 0 Å². The lowest BCUT2D eigenvalue weighted by Crippen LogP contribution is -2.28. The lowest BCUT2D eigenvalue weighted by atomic mass is 10.2. The van der Waals surface area contributed by atoms with Gasteiger partial charge in [0.2, 0.25) is 0 Å². The van der Waals surface area contributed by atoms with E-state index in [0.29, 0.717) is 29.9 Å². The molecular weight excluding hydrogens is 290 g/mol. The first-order valence-electron chi connectivity index (χ1n) is 6.28. The zero-order valence-electron chi connectivity index (χ0n) is 11.5. The first kappa shape index (κ1) is 15.1. The molecule has 0 aliphatic rings. The number of hydrogen-bond acceptors (Lipinski definition) is 5. The van der Waals surface area contributed by atoms with Gasteiger partial charge >= 0.3 is 0 Å². The first-order chi connectivity index (χ1) is 10.2. The van der Waals surface area contributed by atoms with Gasteiger partial charge in [0.05, 0.1) is 19.2 Å². The predicted molar refractivity (Wildman–Crippen MR) is 80.0 cm³/mol. The molecule has 0 aliphatic heterocycles. The Bertz CT molecular complexity index is 610. The van der Waals surface area contributed by atoms with E-state index in [2.05, 4.69) is 5.32 Å². The van der Waals surface area contributed by atoms with Crippen LogP contribution in [0.2, 0.25) is 0 Å². The molecule has 0 unspecified atom stereocenters. The Morgan fingerprint density at radius 2 is 2.24 bits per heavy atom. The second-order valence-corrected chi connectivity index (χ2v) is 5.20. The number of amides is 1. The maximum Gasteiger partial charge on any atom is 0.258 e. The Labute approximate surface area is 126 Å². The summed E-state index contributed by atoms with van der Waals surface area (Å²) in [5.41, 5.74) is 0.348. The van der Waals surface area contributed by atoms with E-state index in [9.17, 15) is 9.59 Å². The molecule has 0 atom stereocenters. The van der Waals surface area contributed by atoms with Crippen LogP contribution in [0, 0.1) is 0 Å². The maximum absolute atomic E-state index is 11.7. The summed E-state index contributed by atoms with van der Waals surface area (Å²) in [5, 5.41) is 4.70. The van der Waals surface area contributed by atoms with E-state index >= 15 is 0 Å². The van der Waals surface area contributed by atoms with E-state index in [1.165, 1.54) is 7.11 Å². The van der Waals surface area contributed by atoms with Crippen molar-refractivity contribution < 1.29 is 19.1 Å². The quantitative estimate of drug-likeness (QED) is 0.797. The lowest BCUT2D eigenvalue weighted by molar-refractivity contribution is -0.123. The van der Waals surface area contributed by atoms with Gasteiger partial charge in [-0.05, 0) is 29.6 Å². The number of thiophene rings is 1. The highest BCUT2D eigenvalue weighted by Gasteiger charge is 2.08. The van der Waals surface area contributed by atoms with Crippen molar-refractivity contribution in [3.05, 3.63) is 46.2 Å². The predicted octanol–water partition coefficient (Wildman–Crippen LogP) is 2.26. The van der Waals surface area contributed by atoms with E-state index in [1.807, 2.05) is 17.5 Å². The summed E-state index contributed by atoms with van der Waals surface area (Å²) in [6.45, 7) is 0.335. The highest BCUT2D eigenvalue weighted by molar-refractivity contribution is 7.09. The van der Waals surface area contributed by atoms with Crippen molar-refractivity contribution in [2.24, 2.45) is 0 Å². The number of hydrogen-bond donors (Lipinski definition) is 1. The smallest absolute Gasteiger partial charge is 0.258 e. The maximum atomic E-state index is 11.7. The van der Waals surface area contributed by atoms with E-state index < -0.39 is 0 Å². The number of benzene rings is 1.